The molecule has 0 saturated carbocycles. The highest BCUT2D eigenvalue weighted by Crippen LogP contribution is 2.37. The Morgan fingerprint density at radius 2 is 1.79 bits per heavy atom. The van der Waals surface area contributed by atoms with Crippen LogP contribution >= 0.6 is 11.8 Å². The van der Waals surface area contributed by atoms with Crippen LogP contribution < -0.4 is 0 Å². The molecule has 0 fully saturated rings. The van der Waals surface area contributed by atoms with Gasteiger partial charge in [0.05, 0.1) is 6.61 Å². The lowest BCUT2D eigenvalue weighted by atomic mass is 9.81. The molecular weight excluding hydrogens is 285 g/mol. The standard InChI is InChI=1S/C11H17F3O4S/c1-3-5-10(8(15)16,9(17)18-4-2)6-7-19-11(12,13)14/h3-7H2,1-2H3,(H,15,16). The average molecular weight is 302 g/mol. The number of carboxylic acid groups (broad SMARTS) is 1. The molecule has 112 valence electrons. The fourth-order valence-electron chi connectivity index (χ4n) is 1.67. The molecule has 0 aromatic rings. The first-order valence-corrected chi connectivity index (χ1v) is 6.79. The van der Waals surface area contributed by atoms with Crippen LogP contribution in [0.4, 0.5) is 13.2 Å². The van der Waals surface area contributed by atoms with E-state index in [0.717, 1.165) is 0 Å². The predicted octanol–water partition coefficient (Wildman–Crippen LogP) is 3.06. The van der Waals surface area contributed by atoms with Gasteiger partial charge in [0.15, 0.2) is 5.41 Å². The highest BCUT2D eigenvalue weighted by Gasteiger charge is 2.47. The molecule has 0 aromatic heterocycles. The lowest BCUT2D eigenvalue weighted by Gasteiger charge is -2.26. The number of alkyl halides is 3. The van der Waals surface area contributed by atoms with Gasteiger partial charge in [-0.1, -0.05) is 25.1 Å². The third-order valence-electron chi connectivity index (χ3n) is 2.55. The smallest absolute Gasteiger partial charge is 0.441 e. The van der Waals surface area contributed by atoms with Crippen molar-refractivity contribution in [3.05, 3.63) is 0 Å². The minimum Gasteiger partial charge on any atom is -0.480 e. The second-order valence-corrected chi connectivity index (χ2v) is 5.06. The summed E-state index contributed by atoms with van der Waals surface area (Å²) in [5.74, 6) is -2.89. The van der Waals surface area contributed by atoms with E-state index in [2.05, 4.69) is 0 Å². The van der Waals surface area contributed by atoms with Crippen molar-refractivity contribution in [3.8, 4) is 0 Å². The monoisotopic (exact) mass is 302 g/mol. The van der Waals surface area contributed by atoms with E-state index in [1.165, 1.54) is 6.92 Å². The fraction of sp³-hybridized carbons (Fsp3) is 0.818. The topological polar surface area (TPSA) is 63.6 Å². The Balaban J connectivity index is 4.92. The highest BCUT2D eigenvalue weighted by atomic mass is 32.2. The molecule has 0 saturated heterocycles. The van der Waals surface area contributed by atoms with Gasteiger partial charge in [0.1, 0.15) is 0 Å². The molecule has 1 atom stereocenters. The minimum absolute atomic E-state index is 0.00993. The van der Waals surface area contributed by atoms with Crippen LogP contribution in [-0.4, -0.2) is 34.9 Å². The normalized spacial score (nSPS) is 14.8. The van der Waals surface area contributed by atoms with Crippen molar-refractivity contribution >= 4 is 23.7 Å². The van der Waals surface area contributed by atoms with Gasteiger partial charge in [-0.05, 0) is 19.8 Å². The molecule has 1 N–H and O–H groups in total. The van der Waals surface area contributed by atoms with Crippen molar-refractivity contribution in [2.45, 2.75) is 38.6 Å². The molecule has 0 aliphatic rings. The van der Waals surface area contributed by atoms with Gasteiger partial charge in [0, 0.05) is 5.75 Å². The molecule has 8 heteroatoms. The van der Waals surface area contributed by atoms with Gasteiger partial charge in [-0.2, -0.15) is 13.2 Å². The molecule has 19 heavy (non-hydrogen) atoms. The zero-order chi connectivity index (χ0) is 15.1. The largest absolute Gasteiger partial charge is 0.480 e. The first-order chi connectivity index (χ1) is 8.69. The summed E-state index contributed by atoms with van der Waals surface area (Å²) in [4.78, 5) is 23.1. The van der Waals surface area contributed by atoms with Crippen molar-refractivity contribution in [2.75, 3.05) is 12.4 Å². The van der Waals surface area contributed by atoms with E-state index >= 15 is 0 Å². The van der Waals surface area contributed by atoms with Gasteiger partial charge < -0.3 is 9.84 Å². The number of carbonyl (C=O) groups is 2. The molecule has 4 nitrogen and oxygen atoms in total. The van der Waals surface area contributed by atoms with Gasteiger partial charge in [-0.25, -0.2) is 0 Å². The van der Waals surface area contributed by atoms with Crippen LogP contribution in [0.1, 0.15) is 33.1 Å². The number of carbonyl (C=O) groups excluding carboxylic acids is 1. The number of aliphatic carboxylic acids is 1. The van der Waals surface area contributed by atoms with Crippen LogP contribution in [0.5, 0.6) is 0 Å². The Kier molecular flexibility index (Phi) is 7.25. The number of ether oxygens (including phenoxy) is 1. The molecule has 0 heterocycles. The molecule has 0 amide bonds. The third-order valence-corrected chi connectivity index (χ3v) is 3.28. The van der Waals surface area contributed by atoms with Crippen LogP contribution in [0, 0.1) is 5.41 Å². The molecule has 0 aliphatic heterocycles. The zero-order valence-electron chi connectivity index (χ0n) is 10.7. The Hall–Kier alpha value is -0.920. The van der Waals surface area contributed by atoms with Gasteiger partial charge in [0.2, 0.25) is 0 Å². The summed E-state index contributed by atoms with van der Waals surface area (Å²) in [6.45, 7) is 3.17. The van der Waals surface area contributed by atoms with Gasteiger partial charge in [-0.15, -0.1) is 0 Å². The fourth-order valence-corrected chi connectivity index (χ4v) is 2.35. The summed E-state index contributed by atoms with van der Waals surface area (Å²) in [7, 11) is 0. The Morgan fingerprint density at radius 3 is 2.16 bits per heavy atom. The summed E-state index contributed by atoms with van der Waals surface area (Å²) >= 11 is -0.332. The van der Waals surface area contributed by atoms with Crippen molar-refractivity contribution in [2.24, 2.45) is 5.41 Å². The lowest BCUT2D eigenvalue weighted by Crippen LogP contribution is -2.41. The first-order valence-electron chi connectivity index (χ1n) is 5.81. The molecule has 1 unspecified atom stereocenters. The summed E-state index contributed by atoms with van der Waals surface area (Å²) in [5.41, 5.74) is -6.33. The molecule has 0 spiro atoms. The summed E-state index contributed by atoms with van der Waals surface area (Å²) in [6, 6.07) is 0. The zero-order valence-corrected chi connectivity index (χ0v) is 11.6. The SMILES string of the molecule is CCCC(CCSC(F)(F)F)(C(=O)O)C(=O)OCC. The maximum atomic E-state index is 12.1. The number of thioether (sulfide) groups is 1. The van der Waals surface area contributed by atoms with Crippen LogP contribution in [-0.2, 0) is 14.3 Å². The maximum Gasteiger partial charge on any atom is 0.441 e. The van der Waals surface area contributed by atoms with Crippen molar-refractivity contribution in [1.82, 2.24) is 0 Å². The van der Waals surface area contributed by atoms with Crippen molar-refractivity contribution < 1.29 is 32.6 Å². The van der Waals surface area contributed by atoms with E-state index in [1.54, 1.807) is 6.92 Å². The van der Waals surface area contributed by atoms with Crippen molar-refractivity contribution in [3.63, 3.8) is 0 Å². The van der Waals surface area contributed by atoms with E-state index in [-0.39, 0.29) is 24.8 Å². The van der Waals surface area contributed by atoms with Crippen LogP contribution in [0.25, 0.3) is 0 Å². The molecule has 0 aromatic carbocycles. The van der Waals surface area contributed by atoms with Crippen LogP contribution in [0.15, 0.2) is 0 Å². The van der Waals surface area contributed by atoms with Gasteiger partial charge in [-0.3, -0.25) is 9.59 Å². The average Bonchev–Trinajstić information content (AvgIpc) is 2.26. The highest BCUT2D eigenvalue weighted by molar-refractivity contribution is 8.00. The van der Waals surface area contributed by atoms with E-state index in [0.29, 0.717) is 6.42 Å². The quantitative estimate of drug-likeness (QED) is 0.551. The van der Waals surface area contributed by atoms with Crippen molar-refractivity contribution in [1.29, 1.82) is 0 Å². The minimum atomic E-state index is -4.44. The Morgan fingerprint density at radius 1 is 1.21 bits per heavy atom. The first kappa shape index (κ1) is 18.1. The second kappa shape index (κ2) is 7.62. The number of esters is 1. The van der Waals surface area contributed by atoms with Gasteiger partial charge >= 0.3 is 17.4 Å². The van der Waals surface area contributed by atoms with E-state index < -0.39 is 35.0 Å². The third kappa shape index (κ3) is 5.71. The summed E-state index contributed by atoms with van der Waals surface area (Å²) < 4.78 is 40.9. The molecule has 0 aliphatic carbocycles. The number of hydrogen-bond donors (Lipinski definition) is 1. The summed E-state index contributed by atoms with van der Waals surface area (Å²) in [6.07, 6.45) is -0.0828. The predicted molar refractivity (Wildman–Crippen MR) is 64.7 cm³/mol. The van der Waals surface area contributed by atoms with Gasteiger partial charge in [0.25, 0.3) is 0 Å². The molecule has 0 rings (SSSR count). The summed E-state index contributed by atoms with van der Waals surface area (Å²) in [5, 5.41) is 9.19. The second-order valence-electron chi connectivity index (χ2n) is 3.90. The Bertz CT molecular complexity index is 320. The number of hydrogen-bond acceptors (Lipinski definition) is 4. The molecule has 0 radical (unpaired) electrons. The van der Waals surface area contributed by atoms with E-state index in [9.17, 15) is 27.9 Å². The number of carboxylic acids is 1. The maximum absolute atomic E-state index is 12.1. The molecule has 0 bridgehead atoms. The van der Waals surface area contributed by atoms with E-state index in [1.807, 2.05) is 0 Å². The molecular formula is C11H17F3O4S. The van der Waals surface area contributed by atoms with Crippen LogP contribution in [0.2, 0.25) is 0 Å². The lowest BCUT2D eigenvalue weighted by molar-refractivity contribution is -0.169. The van der Waals surface area contributed by atoms with Crippen LogP contribution in [0.3, 0.4) is 0 Å². The number of rotatable bonds is 8. The number of halogens is 3. The Labute approximate surface area is 113 Å². The van der Waals surface area contributed by atoms with E-state index in [4.69, 9.17) is 4.74 Å².